The van der Waals surface area contributed by atoms with Crippen molar-refractivity contribution < 1.29 is 9.53 Å². The molecule has 2 heterocycles. The summed E-state index contributed by atoms with van der Waals surface area (Å²) in [6.45, 7) is 0. The van der Waals surface area contributed by atoms with Gasteiger partial charge in [-0.2, -0.15) is 0 Å². The average molecular weight is 500 g/mol. The molecule has 2 aliphatic rings. The molecule has 0 aliphatic carbocycles. The van der Waals surface area contributed by atoms with Crippen LogP contribution in [0.2, 0.25) is 0 Å². The van der Waals surface area contributed by atoms with Crippen molar-refractivity contribution >= 4 is 34.2 Å². The van der Waals surface area contributed by atoms with E-state index in [9.17, 15) is 4.79 Å². The lowest BCUT2D eigenvalue weighted by Crippen LogP contribution is -2.49. The van der Waals surface area contributed by atoms with Gasteiger partial charge >= 0.3 is 5.97 Å². The van der Waals surface area contributed by atoms with Crippen LogP contribution in [0, 0.1) is 9.49 Å². The van der Waals surface area contributed by atoms with Gasteiger partial charge in [0.1, 0.15) is 0 Å². The number of nitrogens with zero attached hydrogens (tertiary/aromatic N) is 4. The van der Waals surface area contributed by atoms with Crippen LogP contribution in [0.1, 0.15) is 30.7 Å². The summed E-state index contributed by atoms with van der Waals surface area (Å²) in [5, 5.41) is 3.70. The highest BCUT2D eigenvalue weighted by molar-refractivity contribution is 14.1. The highest BCUT2D eigenvalue weighted by atomic mass is 125. The molecular formula is C22H23IN4O2. The number of halogens is 1. The SMILES string of the molecule is COC(=O)[C@@H]1C2CCC(C[C@@H]1c1ccc(-c3ccc(N=[N+]=[N-])c([125I])c3)cc1)N2C. The highest BCUT2D eigenvalue weighted by Crippen LogP contribution is 2.46. The molecule has 2 aromatic carbocycles. The van der Waals surface area contributed by atoms with Gasteiger partial charge in [0, 0.05) is 26.5 Å². The summed E-state index contributed by atoms with van der Waals surface area (Å²) < 4.78 is 6.09. The lowest BCUT2D eigenvalue weighted by atomic mass is 9.76. The zero-order valence-corrected chi connectivity index (χ0v) is 18.6. The zero-order chi connectivity index (χ0) is 20.5. The number of esters is 1. The van der Waals surface area contributed by atoms with E-state index < -0.39 is 0 Å². The van der Waals surface area contributed by atoms with E-state index in [0.29, 0.717) is 11.7 Å². The Bertz CT molecular complexity index is 971. The van der Waals surface area contributed by atoms with Gasteiger partial charge in [-0.05, 0) is 77.2 Å². The Hall–Kier alpha value is -2.09. The number of hydrogen-bond acceptors (Lipinski definition) is 4. The van der Waals surface area contributed by atoms with Gasteiger partial charge in [-0.1, -0.05) is 41.5 Å². The molecule has 0 saturated carbocycles. The molecule has 0 spiro atoms. The third kappa shape index (κ3) is 3.74. The predicted molar refractivity (Wildman–Crippen MR) is 121 cm³/mol. The number of ether oxygens (including phenoxy) is 1. The summed E-state index contributed by atoms with van der Waals surface area (Å²) in [6, 6.07) is 15.2. The zero-order valence-electron chi connectivity index (χ0n) is 16.5. The fourth-order valence-corrected chi connectivity index (χ4v) is 5.63. The number of carbonyl (C=O) groups is 1. The third-order valence-electron chi connectivity index (χ3n) is 6.51. The second-order valence-corrected chi connectivity index (χ2v) is 8.99. The van der Waals surface area contributed by atoms with Gasteiger partial charge < -0.3 is 4.74 Å². The minimum Gasteiger partial charge on any atom is -0.469 e. The maximum Gasteiger partial charge on any atom is 0.310 e. The fourth-order valence-electron chi connectivity index (χ4n) is 5.01. The maximum atomic E-state index is 12.6. The van der Waals surface area contributed by atoms with Crippen LogP contribution in [0.5, 0.6) is 0 Å². The monoisotopic (exact) mass is 500 g/mol. The summed E-state index contributed by atoms with van der Waals surface area (Å²) in [5.74, 6) is -0.0178. The van der Waals surface area contributed by atoms with Crippen molar-refractivity contribution in [1.82, 2.24) is 4.90 Å². The molecule has 0 amide bonds. The van der Waals surface area contributed by atoms with Gasteiger partial charge in [-0.25, -0.2) is 0 Å². The van der Waals surface area contributed by atoms with Crippen molar-refractivity contribution in [3.8, 4) is 11.1 Å². The van der Waals surface area contributed by atoms with Crippen molar-refractivity contribution in [1.29, 1.82) is 0 Å². The number of azide groups is 1. The molecule has 6 nitrogen and oxygen atoms in total. The van der Waals surface area contributed by atoms with E-state index in [-0.39, 0.29) is 23.8 Å². The Labute approximate surface area is 184 Å². The number of benzene rings is 2. The smallest absolute Gasteiger partial charge is 0.310 e. The molecule has 2 aromatic rings. The second kappa shape index (κ2) is 8.34. The minimum absolute atomic E-state index is 0.0977. The molecular weight excluding hydrogens is 477 g/mol. The number of fused-ring (bicyclic) bond motifs is 2. The van der Waals surface area contributed by atoms with E-state index in [1.807, 2.05) is 18.2 Å². The number of piperidine rings is 1. The Morgan fingerprint density at radius 2 is 1.93 bits per heavy atom. The van der Waals surface area contributed by atoms with Gasteiger partial charge in [-0.3, -0.25) is 9.69 Å². The van der Waals surface area contributed by atoms with Crippen LogP contribution in [-0.2, 0) is 9.53 Å². The molecule has 150 valence electrons. The van der Waals surface area contributed by atoms with Crippen LogP contribution >= 0.6 is 22.6 Å². The molecule has 2 fully saturated rings. The van der Waals surface area contributed by atoms with E-state index >= 15 is 0 Å². The van der Waals surface area contributed by atoms with E-state index in [1.165, 1.54) is 12.7 Å². The molecule has 0 radical (unpaired) electrons. The van der Waals surface area contributed by atoms with Gasteiger partial charge in [0.25, 0.3) is 0 Å². The molecule has 2 bridgehead atoms. The average Bonchev–Trinajstić information content (AvgIpc) is 2.97. The first-order chi connectivity index (χ1) is 14.0. The molecule has 0 N–H and O–H groups in total. The highest BCUT2D eigenvalue weighted by Gasteiger charge is 2.49. The standard InChI is InChI=1S/C22H23IN4O2/c1-27-16-8-10-20(27)21(22(28)29-2)17(12-16)14-5-3-13(4-6-14)15-7-9-19(25-26-24)18(23)11-15/h3-7,9,11,16-17,20-21H,8,10,12H2,1-2H3/t16?,17-,20?,21+/m1/s1/i23-2. The largest absolute Gasteiger partial charge is 0.469 e. The predicted octanol–water partition coefficient (Wildman–Crippen LogP) is 5.64. The van der Waals surface area contributed by atoms with Crippen LogP contribution < -0.4 is 0 Å². The minimum atomic E-state index is -0.112. The van der Waals surface area contributed by atoms with E-state index in [2.05, 4.69) is 68.8 Å². The van der Waals surface area contributed by atoms with Crippen molar-refractivity contribution in [2.75, 3.05) is 14.2 Å². The van der Waals surface area contributed by atoms with Gasteiger partial charge in [0.05, 0.1) is 18.7 Å². The van der Waals surface area contributed by atoms with Gasteiger partial charge in [0.15, 0.2) is 0 Å². The van der Waals surface area contributed by atoms with E-state index in [0.717, 1.165) is 34.0 Å². The lowest BCUT2D eigenvalue weighted by molar-refractivity contribution is -0.150. The summed E-state index contributed by atoms with van der Waals surface area (Å²) in [6.07, 6.45) is 3.20. The molecule has 2 unspecified atom stereocenters. The lowest BCUT2D eigenvalue weighted by Gasteiger charge is -2.41. The molecule has 0 aromatic heterocycles. The van der Waals surface area contributed by atoms with Crippen LogP contribution in [0.15, 0.2) is 47.6 Å². The van der Waals surface area contributed by atoms with Crippen molar-refractivity contribution in [2.45, 2.75) is 37.3 Å². The molecule has 4 rings (SSSR count). The maximum absolute atomic E-state index is 12.6. The molecule has 29 heavy (non-hydrogen) atoms. The Morgan fingerprint density at radius 3 is 2.59 bits per heavy atom. The van der Waals surface area contributed by atoms with E-state index in [4.69, 9.17) is 10.3 Å². The van der Waals surface area contributed by atoms with Crippen LogP contribution in [0.4, 0.5) is 5.69 Å². The second-order valence-electron chi connectivity index (χ2n) is 7.83. The molecule has 4 atom stereocenters. The van der Waals surface area contributed by atoms with Crippen LogP contribution in [0.25, 0.3) is 21.6 Å². The van der Waals surface area contributed by atoms with Crippen LogP contribution in [0.3, 0.4) is 0 Å². The number of carbonyl (C=O) groups excluding carboxylic acids is 1. The number of hydrogen-bond donors (Lipinski definition) is 0. The Morgan fingerprint density at radius 1 is 1.21 bits per heavy atom. The van der Waals surface area contributed by atoms with Crippen molar-refractivity contribution in [3.05, 3.63) is 62.0 Å². The first-order valence-corrected chi connectivity index (χ1v) is 10.9. The summed E-state index contributed by atoms with van der Waals surface area (Å²) in [4.78, 5) is 17.8. The Kier molecular flexibility index (Phi) is 5.81. The molecule has 2 saturated heterocycles. The van der Waals surface area contributed by atoms with Crippen molar-refractivity contribution in [2.24, 2.45) is 11.0 Å². The van der Waals surface area contributed by atoms with Crippen molar-refractivity contribution in [3.63, 3.8) is 0 Å². The van der Waals surface area contributed by atoms with Crippen LogP contribution in [-0.4, -0.2) is 37.1 Å². The first kappa shape index (κ1) is 20.2. The quantitative estimate of drug-likeness (QED) is 0.179. The summed E-state index contributed by atoms with van der Waals surface area (Å²) in [5.41, 5.74) is 12.7. The molecule has 2 aliphatic heterocycles. The topological polar surface area (TPSA) is 78.3 Å². The molecule has 7 heteroatoms. The van der Waals surface area contributed by atoms with Gasteiger partial charge in [-0.15, -0.1) is 0 Å². The first-order valence-electron chi connectivity index (χ1n) is 9.78. The summed E-state index contributed by atoms with van der Waals surface area (Å²) in [7, 11) is 3.63. The Balaban J connectivity index is 1.62. The third-order valence-corrected chi connectivity index (χ3v) is 7.38. The summed E-state index contributed by atoms with van der Waals surface area (Å²) >= 11 is 2.18. The van der Waals surface area contributed by atoms with E-state index in [1.54, 1.807) is 0 Å². The normalized spacial score (nSPS) is 26.0. The fraction of sp³-hybridized carbons (Fsp3) is 0.409. The van der Waals surface area contributed by atoms with Gasteiger partial charge in [0.2, 0.25) is 0 Å². The number of rotatable bonds is 4. The number of methoxy groups -OCH3 is 1.